The zero-order valence-corrected chi connectivity index (χ0v) is 13.0. The van der Waals surface area contributed by atoms with Crippen LogP contribution in [0.25, 0.3) is 11.1 Å². The SMILES string of the molecule is C[C@@]1(C(=O)O)CC(Cc2ccc(-c3ccccc3)cc2)NC1=O. The number of carboxylic acid groups (broad SMARTS) is 1. The van der Waals surface area contributed by atoms with Gasteiger partial charge in [-0.15, -0.1) is 0 Å². The standard InChI is InChI=1S/C19H19NO3/c1-19(18(22)23)12-16(20-17(19)21)11-13-7-9-15(10-8-13)14-5-3-2-4-6-14/h2-10,16H,11-12H2,1H3,(H,20,21)(H,22,23)/t16?,19-/m1/s1. The van der Waals surface area contributed by atoms with Crippen LogP contribution in [-0.2, 0) is 16.0 Å². The van der Waals surface area contributed by atoms with Gasteiger partial charge in [0.2, 0.25) is 5.91 Å². The Balaban J connectivity index is 1.70. The summed E-state index contributed by atoms with van der Waals surface area (Å²) in [6.07, 6.45) is 0.964. The summed E-state index contributed by atoms with van der Waals surface area (Å²) in [6.45, 7) is 1.49. The topological polar surface area (TPSA) is 66.4 Å². The molecule has 0 aliphatic carbocycles. The first-order chi connectivity index (χ1) is 11.0. The number of hydrogen-bond donors (Lipinski definition) is 2. The van der Waals surface area contributed by atoms with Crippen molar-refractivity contribution in [3.63, 3.8) is 0 Å². The van der Waals surface area contributed by atoms with Gasteiger partial charge in [-0.25, -0.2) is 0 Å². The summed E-state index contributed by atoms with van der Waals surface area (Å²) in [7, 11) is 0. The summed E-state index contributed by atoms with van der Waals surface area (Å²) in [6, 6.07) is 18.2. The molecule has 1 amide bonds. The van der Waals surface area contributed by atoms with Crippen molar-refractivity contribution in [3.05, 3.63) is 60.2 Å². The first-order valence-corrected chi connectivity index (χ1v) is 7.68. The van der Waals surface area contributed by atoms with E-state index in [1.807, 2.05) is 30.3 Å². The molecule has 1 aliphatic heterocycles. The number of benzene rings is 2. The van der Waals surface area contributed by atoms with Crippen molar-refractivity contribution < 1.29 is 14.7 Å². The number of nitrogens with one attached hydrogen (secondary N) is 1. The third-order valence-corrected chi connectivity index (χ3v) is 4.51. The van der Waals surface area contributed by atoms with Crippen LogP contribution < -0.4 is 5.32 Å². The third kappa shape index (κ3) is 2.97. The molecule has 0 spiro atoms. The molecule has 0 saturated carbocycles. The summed E-state index contributed by atoms with van der Waals surface area (Å²) in [5.74, 6) is -1.45. The molecule has 118 valence electrons. The lowest BCUT2D eigenvalue weighted by Gasteiger charge is -2.14. The van der Waals surface area contributed by atoms with Gasteiger partial charge in [-0.2, -0.15) is 0 Å². The summed E-state index contributed by atoms with van der Waals surface area (Å²) < 4.78 is 0. The molecule has 0 aromatic heterocycles. The van der Waals surface area contributed by atoms with Crippen molar-refractivity contribution in [1.82, 2.24) is 5.32 Å². The molecule has 1 aliphatic rings. The van der Waals surface area contributed by atoms with E-state index in [9.17, 15) is 14.7 Å². The fraction of sp³-hybridized carbons (Fsp3) is 0.263. The van der Waals surface area contributed by atoms with Crippen LogP contribution in [0, 0.1) is 5.41 Å². The third-order valence-electron chi connectivity index (χ3n) is 4.51. The van der Waals surface area contributed by atoms with Crippen molar-refractivity contribution >= 4 is 11.9 Å². The first-order valence-electron chi connectivity index (χ1n) is 7.68. The number of carboxylic acids is 1. The first kappa shape index (κ1) is 15.3. The van der Waals surface area contributed by atoms with Crippen molar-refractivity contribution in [2.75, 3.05) is 0 Å². The molecule has 1 saturated heterocycles. The molecule has 2 aromatic rings. The fourth-order valence-corrected chi connectivity index (χ4v) is 3.04. The molecule has 2 atom stereocenters. The summed E-state index contributed by atoms with van der Waals surface area (Å²) in [5, 5.41) is 12.0. The lowest BCUT2D eigenvalue weighted by molar-refractivity contribution is -0.152. The summed E-state index contributed by atoms with van der Waals surface area (Å²) in [4.78, 5) is 23.2. The quantitative estimate of drug-likeness (QED) is 0.853. The van der Waals surface area contributed by atoms with Gasteiger partial charge in [0.25, 0.3) is 0 Å². The Labute approximate surface area is 135 Å². The normalized spacial score (nSPS) is 23.5. The molecule has 1 fully saturated rings. The lowest BCUT2D eigenvalue weighted by atomic mass is 9.86. The van der Waals surface area contributed by atoms with E-state index in [0.717, 1.165) is 16.7 Å². The lowest BCUT2D eigenvalue weighted by Crippen LogP contribution is -2.36. The molecule has 0 radical (unpaired) electrons. The van der Waals surface area contributed by atoms with Gasteiger partial charge >= 0.3 is 5.97 Å². The van der Waals surface area contributed by atoms with Gasteiger partial charge in [0.15, 0.2) is 0 Å². The Morgan fingerprint density at radius 3 is 2.30 bits per heavy atom. The molecule has 0 bridgehead atoms. The molecule has 2 N–H and O–H groups in total. The van der Waals surface area contributed by atoms with Crippen LogP contribution in [0.2, 0.25) is 0 Å². The predicted octanol–water partition coefficient (Wildman–Crippen LogP) is 2.88. The molecule has 3 rings (SSSR count). The van der Waals surface area contributed by atoms with Crippen molar-refractivity contribution in [3.8, 4) is 11.1 Å². The van der Waals surface area contributed by atoms with E-state index in [4.69, 9.17) is 0 Å². The minimum absolute atomic E-state index is 0.133. The Morgan fingerprint density at radius 2 is 1.74 bits per heavy atom. The van der Waals surface area contributed by atoms with Gasteiger partial charge in [-0.1, -0.05) is 54.6 Å². The molecule has 4 heteroatoms. The zero-order valence-electron chi connectivity index (χ0n) is 13.0. The Morgan fingerprint density at radius 1 is 1.13 bits per heavy atom. The number of hydrogen-bond acceptors (Lipinski definition) is 2. The number of rotatable bonds is 4. The smallest absolute Gasteiger partial charge is 0.318 e. The van der Waals surface area contributed by atoms with Gasteiger partial charge in [-0.3, -0.25) is 9.59 Å². The van der Waals surface area contributed by atoms with Crippen LogP contribution in [0.5, 0.6) is 0 Å². The minimum atomic E-state index is -1.31. The van der Waals surface area contributed by atoms with Crippen LogP contribution in [0.3, 0.4) is 0 Å². The maximum absolute atomic E-state index is 11.9. The van der Waals surface area contributed by atoms with Gasteiger partial charge < -0.3 is 10.4 Å². The Kier molecular flexibility index (Phi) is 3.90. The van der Waals surface area contributed by atoms with Crippen molar-refractivity contribution in [1.29, 1.82) is 0 Å². The van der Waals surface area contributed by atoms with E-state index >= 15 is 0 Å². The maximum Gasteiger partial charge on any atom is 0.318 e. The largest absolute Gasteiger partial charge is 0.480 e. The second kappa shape index (κ2) is 5.88. The van der Waals surface area contributed by atoms with E-state index < -0.39 is 17.3 Å². The molecule has 1 heterocycles. The molecular weight excluding hydrogens is 290 g/mol. The van der Waals surface area contributed by atoms with Crippen LogP contribution in [0.15, 0.2) is 54.6 Å². The minimum Gasteiger partial charge on any atom is -0.480 e. The van der Waals surface area contributed by atoms with E-state index in [2.05, 4.69) is 29.6 Å². The highest BCUT2D eigenvalue weighted by Crippen LogP contribution is 2.31. The zero-order chi connectivity index (χ0) is 16.4. The van der Waals surface area contributed by atoms with E-state index in [-0.39, 0.29) is 6.04 Å². The summed E-state index contributed by atoms with van der Waals surface area (Å²) in [5.41, 5.74) is 2.07. The van der Waals surface area contributed by atoms with Gasteiger partial charge in [0.1, 0.15) is 5.41 Å². The second-order valence-electron chi connectivity index (χ2n) is 6.28. The highest BCUT2D eigenvalue weighted by molar-refractivity contribution is 6.03. The maximum atomic E-state index is 11.9. The monoisotopic (exact) mass is 309 g/mol. The fourth-order valence-electron chi connectivity index (χ4n) is 3.04. The average molecular weight is 309 g/mol. The Bertz CT molecular complexity index is 724. The van der Waals surface area contributed by atoms with E-state index in [1.54, 1.807) is 0 Å². The van der Waals surface area contributed by atoms with Crippen LogP contribution in [-0.4, -0.2) is 23.0 Å². The summed E-state index contributed by atoms with van der Waals surface area (Å²) >= 11 is 0. The molecule has 4 nitrogen and oxygen atoms in total. The molecule has 2 aromatic carbocycles. The predicted molar refractivity (Wildman–Crippen MR) is 87.9 cm³/mol. The van der Waals surface area contributed by atoms with Crippen molar-refractivity contribution in [2.45, 2.75) is 25.8 Å². The highest BCUT2D eigenvalue weighted by Gasteiger charge is 2.48. The van der Waals surface area contributed by atoms with E-state index in [1.165, 1.54) is 6.92 Å². The molecule has 1 unspecified atom stereocenters. The number of carbonyl (C=O) groups is 2. The van der Waals surface area contributed by atoms with Crippen molar-refractivity contribution in [2.24, 2.45) is 5.41 Å². The van der Waals surface area contributed by atoms with Crippen LogP contribution >= 0.6 is 0 Å². The van der Waals surface area contributed by atoms with Gasteiger partial charge in [0, 0.05) is 6.04 Å². The van der Waals surface area contributed by atoms with E-state index in [0.29, 0.717) is 12.8 Å². The molecule has 23 heavy (non-hydrogen) atoms. The Hall–Kier alpha value is -2.62. The number of amides is 1. The average Bonchev–Trinajstić information content (AvgIpc) is 2.84. The van der Waals surface area contributed by atoms with Crippen LogP contribution in [0.4, 0.5) is 0 Å². The highest BCUT2D eigenvalue weighted by atomic mass is 16.4. The van der Waals surface area contributed by atoms with Gasteiger partial charge in [-0.05, 0) is 36.5 Å². The molecular formula is C19H19NO3. The number of aliphatic carboxylic acids is 1. The van der Waals surface area contributed by atoms with Crippen LogP contribution in [0.1, 0.15) is 18.9 Å². The number of carbonyl (C=O) groups excluding carboxylic acids is 1. The van der Waals surface area contributed by atoms with Gasteiger partial charge in [0.05, 0.1) is 0 Å². The second-order valence-corrected chi connectivity index (χ2v) is 6.28.